The van der Waals surface area contributed by atoms with Crippen LogP contribution < -0.4 is 5.32 Å². The first kappa shape index (κ1) is 18.1. The van der Waals surface area contributed by atoms with Gasteiger partial charge in [-0.3, -0.25) is 0 Å². The Balaban J connectivity index is 1.88. The third kappa shape index (κ3) is 3.94. The molecular weight excluding hydrogens is 354 g/mol. The molecule has 2 N–H and O–H groups in total. The number of rotatable bonds is 8. The lowest BCUT2D eigenvalue weighted by molar-refractivity contribution is 0.0698. The number of aromatic nitrogens is 4. The van der Waals surface area contributed by atoms with E-state index in [1.54, 1.807) is 30.6 Å². The molecule has 7 nitrogen and oxygen atoms in total. The van der Waals surface area contributed by atoms with Gasteiger partial charge in [-0.1, -0.05) is 19.1 Å². The first-order valence-corrected chi connectivity index (χ1v) is 8.94. The molecule has 0 saturated carbocycles. The number of hydrogen-bond acceptors (Lipinski definition) is 5. The van der Waals surface area contributed by atoms with Crippen LogP contribution in [0, 0.1) is 5.92 Å². The number of hydrogen-bond donors (Lipinski definition) is 2. The number of anilines is 2. The quantitative estimate of drug-likeness (QED) is 0.581. The number of aromatic carboxylic acids is 1. The van der Waals surface area contributed by atoms with Crippen molar-refractivity contribution in [2.24, 2.45) is 5.92 Å². The van der Waals surface area contributed by atoms with Crippen molar-refractivity contribution in [1.29, 1.82) is 0 Å². The Labute approximate surface area is 156 Å². The van der Waals surface area contributed by atoms with Crippen LogP contribution in [0.2, 0.25) is 0 Å². The highest BCUT2D eigenvalue weighted by atomic mass is 35.5. The van der Waals surface area contributed by atoms with Crippen LogP contribution in [0.1, 0.15) is 30.1 Å². The third-order valence-corrected chi connectivity index (χ3v) is 4.42. The van der Waals surface area contributed by atoms with Gasteiger partial charge >= 0.3 is 5.97 Å². The molecule has 1 aromatic carbocycles. The van der Waals surface area contributed by atoms with Gasteiger partial charge in [0.05, 0.1) is 17.6 Å². The van der Waals surface area contributed by atoms with Gasteiger partial charge in [-0.15, -0.1) is 11.6 Å². The second kappa shape index (κ2) is 8.14. The van der Waals surface area contributed by atoms with E-state index in [1.807, 2.05) is 4.57 Å². The van der Waals surface area contributed by atoms with Gasteiger partial charge in [0.25, 0.3) is 0 Å². The van der Waals surface area contributed by atoms with Gasteiger partial charge in [-0.25, -0.2) is 19.7 Å². The SMILES string of the molecule is CC(CCCCl)Cn1cnc2c(Nc3ccccc3C(=O)O)ncnc21. The van der Waals surface area contributed by atoms with Crippen LogP contribution in [0.5, 0.6) is 0 Å². The fraction of sp³-hybridized carbons (Fsp3) is 0.333. The summed E-state index contributed by atoms with van der Waals surface area (Å²) in [7, 11) is 0. The summed E-state index contributed by atoms with van der Waals surface area (Å²) in [6.45, 7) is 2.96. The number of benzene rings is 1. The lowest BCUT2D eigenvalue weighted by Crippen LogP contribution is -2.08. The number of nitrogens with one attached hydrogen (secondary N) is 1. The molecule has 0 aliphatic rings. The number of imidazole rings is 1. The van der Waals surface area contributed by atoms with Crippen molar-refractivity contribution in [3.05, 3.63) is 42.5 Å². The van der Waals surface area contributed by atoms with Gasteiger partial charge in [0.1, 0.15) is 6.33 Å². The molecule has 0 bridgehead atoms. The molecule has 0 spiro atoms. The van der Waals surface area contributed by atoms with E-state index in [9.17, 15) is 9.90 Å². The van der Waals surface area contributed by atoms with Gasteiger partial charge in [0.15, 0.2) is 17.0 Å². The summed E-state index contributed by atoms with van der Waals surface area (Å²) >= 11 is 5.77. The minimum absolute atomic E-state index is 0.174. The molecule has 8 heteroatoms. The average molecular weight is 374 g/mol. The molecule has 3 rings (SSSR count). The minimum atomic E-state index is -1.00. The van der Waals surface area contributed by atoms with Gasteiger partial charge in [-0.2, -0.15) is 0 Å². The van der Waals surface area contributed by atoms with E-state index in [4.69, 9.17) is 11.6 Å². The molecule has 0 aliphatic carbocycles. The summed E-state index contributed by atoms with van der Waals surface area (Å²) in [5.74, 6) is 0.590. The summed E-state index contributed by atoms with van der Waals surface area (Å²) in [6.07, 6.45) is 5.20. The third-order valence-electron chi connectivity index (χ3n) is 4.15. The second-order valence-corrected chi connectivity index (χ2v) is 6.58. The van der Waals surface area contributed by atoms with Crippen molar-refractivity contribution < 1.29 is 9.90 Å². The molecule has 0 saturated heterocycles. The smallest absolute Gasteiger partial charge is 0.337 e. The fourth-order valence-electron chi connectivity index (χ4n) is 2.86. The summed E-state index contributed by atoms with van der Waals surface area (Å²) in [4.78, 5) is 24.4. The van der Waals surface area contributed by atoms with Crippen LogP contribution in [-0.4, -0.2) is 36.5 Å². The molecule has 0 aliphatic heterocycles. The van der Waals surface area contributed by atoms with Crippen LogP contribution in [0.15, 0.2) is 36.9 Å². The topological polar surface area (TPSA) is 92.9 Å². The molecule has 0 amide bonds. The molecule has 1 atom stereocenters. The number of carboxylic acid groups (broad SMARTS) is 1. The van der Waals surface area contributed by atoms with Gasteiger partial charge in [0.2, 0.25) is 0 Å². The molecule has 26 heavy (non-hydrogen) atoms. The zero-order valence-electron chi connectivity index (χ0n) is 14.4. The Kier molecular flexibility index (Phi) is 5.68. The predicted octanol–water partition coefficient (Wildman–Crippen LogP) is 3.92. The van der Waals surface area contributed by atoms with Crippen LogP contribution in [0.25, 0.3) is 11.2 Å². The Hall–Kier alpha value is -2.67. The van der Waals surface area contributed by atoms with Crippen molar-refractivity contribution in [1.82, 2.24) is 19.5 Å². The van der Waals surface area contributed by atoms with E-state index in [2.05, 4.69) is 27.2 Å². The summed E-state index contributed by atoms with van der Waals surface area (Å²) in [6, 6.07) is 6.69. The molecule has 0 fully saturated rings. The van der Waals surface area contributed by atoms with E-state index >= 15 is 0 Å². The summed E-state index contributed by atoms with van der Waals surface area (Å²) < 4.78 is 1.99. The van der Waals surface area contributed by atoms with Crippen molar-refractivity contribution in [2.75, 3.05) is 11.2 Å². The second-order valence-electron chi connectivity index (χ2n) is 6.20. The highest BCUT2D eigenvalue weighted by molar-refractivity contribution is 6.17. The Morgan fingerprint density at radius 3 is 2.88 bits per heavy atom. The Morgan fingerprint density at radius 2 is 2.12 bits per heavy atom. The number of fused-ring (bicyclic) bond motifs is 1. The number of alkyl halides is 1. The lowest BCUT2D eigenvalue weighted by Gasteiger charge is -2.12. The van der Waals surface area contributed by atoms with Gasteiger partial charge in [0, 0.05) is 12.4 Å². The molecule has 2 aromatic heterocycles. The number of carboxylic acids is 1. The molecule has 2 heterocycles. The van der Waals surface area contributed by atoms with Crippen molar-refractivity contribution in [3.63, 3.8) is 0 Å². The van der Waals surface area contributed by atoms with E-state index < -0.39 is 5.97 Å². The van der Waals surface area contributed by atoms with Crippen molar-refractivity contribution in [2.45, 2.75) is 26.3 Å². The summed E-state index contributed by atoms with van der Waals surface area (Å²) in [5.41, 5.74) is 1.96. The summed E-state index contributed by atoms with van der Waals surface area (Å²) in [5, 5.41) is 12.4. The molecule has 3 aromatic rings. The molecule has 0 radical (unpaired) electrons. The maximum absolute atomic E-state index is 11.4. The predicted molar refractivity (Wildman–Crippen MR) is 101 cm³/mol. The first-order chi connectivity index (χ1) is 12.6. The minimum Gasteiger partial charge on any atom is -0.478 e. The molecule has 1 unspecified atom stereocenters. The van der Waals surface area contributed by atoms with Crippen LogP contribution in [0.3, 0.4) is 0 Å². The maximum atomic E-state index is 11.4. The van der Waals surface area contributed by atoms with E-state index in [1.165, 1.54) is 6.33 Å². The van der Waals surface area contributed by atoms with E-state index in [0.29, 0.717) is 34.5 Å². The number of halogens is 1. The lowest BCUT2D eigenvalue weighted by atomic mass is 10.1. The number of carbonyl (C=O) groups is 1. The van der Waals surface area contributed by atoms with E-state index in [0.717, 1.165) is 19.4 Å². The fourth-order valence-corrected chi connectivity index (χ4v) is 3.02. The van der Waals surface area contributed by atoms with Crippen LogP contribution in [0.4, 0.5) is 11.5 Å². The maximum Gasteiger partial charge on any atom is 0.337 e. The highest BCUT2D eigenvalue weighted by Gasteiger charge is 2.15. The van der Waals surface area contributed by atoms with E-state index in [-0.39, 0.29) is 5.56 Å². The molecule has 136 valence electrons. The highest BCUT2D eigenvalue weighted by Crippen LogP contribution is 2.25. The first-order valence-electron chi connectivity index (χ1n) is 8.41. The standard InChI is InChI=1S/C18H20ClN5O2/c1-12(5-4-8-19)9-24-11-22-15-16(20-10-21-17(15)24)23-14-7-3-2-6-13(14)18(25)26/h2-3,6-7,10-12H,4-5,8-9H2,1H3,(H,25,26)(H,20,21,23). The van der Waals surface area contributed by atoms with Gasteiger partial charge < -0.3 is 15.0 Å². The van der Waals surface area contributed by atoms with Crippen molar-refractivity contribution >= 4 is 40.2 Å². The monoisotopic (exact) mass is 373 g/mol. The Bertz CT molecular complexity index is 911. The van der Waals surface area contributed by atoms with Crippen LogP contribution >= 0.6 is 11.6 Å². The normalized spacial score (nSPS) is 12.2. The molecular formula is C18H20ClN5O2. The van der Waals surface area contributed by atoms with Crippen LogP contribution in [-0.2, 0) is 6.54 Å². The zero-order chi connectivity index (χ0) is 18.5. The number of nitrogens with zero attached hydrogens (tertiary/aromatic N) is 4. The average Bonchev–Trinajstić information content (AvgIpc) is 3.04. The largest absolute Gasteiger partial charge is 0.478 e. The van der Waals surface area contributed by atoms with Gasteiger partial charge in [-0.05, 0) is 30.9 Å². The van der Waals surface area contributed by atoms with Crippen molar-refractivity contribution in [3.8, 4) is 0 Å². The number of para-hydroxylation sites is 1. The zero-order valence-corrected chi connectivity index (χ0v) is 15.1. The Morgan fingerprint density at radius 1 is 1.31 bits per heavy atom.